The smallest absolute Gasteiger partial charge is 0.119 e. The summed E-state index contributed by atoms with van der Waals surface area (Å²) in [6, 6.07) is 6.40. The normalized spacial score (nSPS) is 22.9. The van der Waals surface area contributed by atoms with Crippen molar-refractivity contribution in [1.82, 2.24) is 0 Å². The molecule has 2 rings (SSSR count). The molecule has 0 heterocycles. The van der Waals surface area contributed by atoms with Crippen LogP contribution in [0.3, 0.4) is 0 Å². The molecule has 0 spiro atoms. The fraction of sp³-hybridized carbons (Fsp3) is 0.625. The van der Waals surface area contributed by atoms with Crippen molar-refractivity contribution in [2.24, 2.45) is 11.7 Å². The van der Waals surface area contributed by atoms with Gasteiger partial charge in [-0.25, -0.2) is 0 Å². The van der Waals surface area contributed by atoms with Crippen molar-refractivity contribution < 1.29 is 4.74 Å². The molecule has 0 aliphatic heterocycles. The Kier molecular flexibility index (Phi) is 3.96. The second-order valence-corrected chi connectivity index (χ2v) is 5.43. The lowest BCUT2D eigenvalue weighted by Crippen LogP contribution is -2.46. The van der Waals surface area contributed by atoms with Gasteiger partial charge in [0.2, 0.25) is 0 Å². The minimum Gasteiger partial charge on any atom is -0.497 e. The quantitative estimate of drug-likeness (QED) is 0.882. The average molecular weight is 247 g/mol. The molecule has 0 aromatic heterocycles. The Labute approximate surface area is 111 Å². The minimum absolute atomic E-state index is 0.161. The first-order chi connectivity index (χ1) is 8.65. The molecule has 0 saturated heterocycles. The monoisotopic (exact) mass is 247 g/mol. The van der Waals surface area contributed by atoms with Gasteiger partial charge in [-0.15, -0.1) is 0 Å². The summed E-state index contributed by atoms with van der Waals surface area (Å²) in [7, 11) is 1.72. The average Bonchev–Trinajstić information content (AvgIpc) is 2.40. The summed E-state index contributed by atoms with van der Waals surface area (Å²) >= 11 is 0. The van der Waals surface area contributed by atoms with Crippen LogP contribution in [-0.4, -0.2) is 7.11 Å². The number of hydrogen-bond donors (Lipinski definition) is 1. The molecule has 1 atom stereocenters. The number of hydrogen-bond acceptors (Lipinski definition) is 2. The van der Waals surface area contributed by atoms with E-state index in [4.69, 9.17) is 10.5 Å². The lowest BCUT2D eigenvalue weighted by molar-refractivity contribution is 0.222. The van der Waals surface area contributed by atoms with Crippen molar-refractivity contribution >= 4 is 0 Å². The molecule has 100 valence electrons. The lowest BCUT2D eigenvalue weighted by atomic mass is 9.68. The summed E-state index contributed by atoms with van der Waals surface area (Å²) in [6.07, 6.45) is 5.73. The molecule has 2 N–H and O–H groups in total. The fourth-order valence-corrected chi connectivity index (χ4v) is 3.48. The van der Waals surface area contributed by atoms with Crippen molar-refractivity contribution in [3.63, 3.8) is 0 Å². The summed E-state index contributed by atoms with van der Waals surface area (Å²) < 4.78 is 5.37. The van der Waals surface area contributed by atoms with Crippen molar-refractivity contribution in [2.45, 2.75) is 51.5 Å². The van der Waals surface area contributed by atoms with Crippen LogP contribution in [-0.2, 0) is 12.0 Å². The molecule has 1 aliphatic rings. The van der Waals surface area contributed by atoms with Crippen molar-refractivity contribution in [3.05, 3.63) is 29.3 Å². The van der Waals surface area contributed by atoms with Crippen LogP contribution < -0.4 is 10.5 Å². The number of fused-ring (bicyclic) bond motifs is 1. The summed E-state index contributed by atoms with van der Waals surface area (Å²) in [6.45, 7) is 4.49. The number of nitrogens with two attached hydrogens (primary N) is 1. The highest BCUT2D eigenvalue weighted by atomic mass is 16.5. The molecule has 0 saturated carbocycles. The summed E-state index contributed by atoms with van der Waals surface area (Å²) in [5, 5.41) is 0. The van der Waals surface area contributed by atoms with Crippen LogP contribution in [0.5, 0.6) is 5.75 Å². The molecule has 0 amide bonds. The van der Waals surface area contributed by atoms with Crippen molar-refractivity contribution in [2.75, 3.05) is 7.11 Å². The standard InChI is InChI=1S/C16H25NO/c1-4-13(5-2)16(17)10-6-7-12-8-9-14(18-3)11-15(12)16/h8-9,11,13H,4-7,10,17H2,1-3H3. The van der Waals surface area contributed by atoms with Crippen molar-refractivity contribution in [1.29, 1.82) is 0 Å². The number of rotatable bonds is 4. The van der Waals surface area contributed by atoms with E-state index in [1.807, 2.05) is 0 Å². The molecule has 1 unspecified atom stereocenters. The predicted molar refractivity (Wildman–Crippen MR) is 75.9 cm³/mol. The molecule has 2 nitrogen and oxygen atoms in total. The van der Waals surface area contributed by atoms with Crippen LogP contribution in [0.1, 0.15) is 50.7 Å². The Hall–Kier alpha value is -1.02. The van der Waals surface area contributed by atoms with Gasteiger partial charge in [0.25, 0.3) is 0 Å². The summed E-state index contributed by atoms with van der Waals surface area (Å²) in [4.78, 5) is 0. The molecule has 0 bridgehead atoms. The molecule has 1 aliphatic carbocycles. The summed E-state index contributed by atoms with van der Waals surface area (Å²) in [5.74, 6) is 1.49. The summed E-state index contributed by atoms with van der Waals surface area (Å²) in [5.41, 5.74) is 9.38. The maximum absolute atomic E-state index is 6.80. The van der Waals surface area contributed by atoms with Gasteiger partial charge in [0, 0.05) is 5.54 Å². The lowest BCUT2D eigenvalue weighted by Gasteiger charge is -2.42. The van der Waals surface area contributed by atoms with E-state index < -0.39 is 0 Å². The molecular formula is C16H25NO. The first-order valence-corrected chi connectivity index (χ1v) is 7.12. The van der Waals surface area contributed by atoms with Crippen molar-refractivity contribution in [3.8, 4) is 5.75 Å². The van der Waals surface area contributed by atoms with Gasteiger partial charge in [-0.2, -0.15) is 0 Å². The SMILES string of the molecule is CCC(CC)C1(N)CCCc2ccc(OC)cc21. The van der Waals surface area contributed by atoms with Crippen LogP contribution in [0.15, 0.2) is 18.2 Å². The maximum Gasteiger partial charge on any atom is 0.119 e. The Balaban J connectivity index is 2.47. The molecule has 18 heavy (non-hydrogen) atoms. The van der Waals surface area contributed by atoms with E-state index in [0.717, 1.165) is 31.4 Å². The highest BCUT2D eigenvalue weighted by Gasteiger charge is 2.38. The van der Waals surface area contributed by atoms with Gasteiger partial charge in [-0.3, -0.25) is 0 Å². The first-order valence-electron chi connectivity index (χ1n) is 7.12. The van der Waals surface area contributed by atoms with Crippen LogP contribution in [0, 0.1) is 5.92 Å². The van der Waals surface area contributed by atoms with E-state index in [-0.39, 0.29) is 5.54 Å². The number of aryl methyl sites for hydroxylation is 1. The zero-order chi connectivity index (χ0) is 13.2. The van der Waals surface area contributed by atoms with Gasteiger partial charge < -0.3 is 10.5 Å². The third kappa shape index (κ3) is 2.14. The second-order valence-electron chi connectivity index (χ2n) is 5.43. The highest BCUT2D eigenvalue weighted by molar-refractivity contribution is 5.42. The topological polar surface area (TPSA) is 35.2 Å². The Morgan fingerprint density at radius 2 is 2.06 bits per heavy atom. The zero-order valence-electron chi connectivity index (χ0n) is 11.8. The number of benzene rings is 1. The van der Waals surface area contributed by atoms with E-state index in [2.05, 4.69) is 32.0 Å². The van der Waals surface area contributed by atoms with E-state index >= 15 is 0 Å². The number of ether oxygens (including phenoxy) is 1. The maximum atomic E-state index is 6.80. The largest absolute Gasteiger partial charge is 0.497 e. The molecule has 2 heteroatoms. The van der Waals surface area contributed by atoms with Gasteiger partial charge in [0.15, 0.2) is 0 Å². The van der Waals surface area contributed by atoms with E-state index in [1.165, 1.54) is 17.5 Å². The zero-order valence-corrected chi connectivity index (χ0v) is 11.8. The number of methoxy groups -OCH3 is 1. The molecular weight excluding hydrogens is 222 g/mol. The minimum atomic E-state index is -0.161. The second kappa shape index (κ2) is 5.31. The Bertz CT molecular complexity index is 412. The van der Waals surface area contributed by atoms with E-state index in [0.29, 0.717) is 5.92 Å². The fourth-order valence-electron chi connectivity index (χ4n) is 3.48. The van der Waals surface area contributed by atoms with Crippen LogP contribution in [0.4, 0.5) is 0 Å². The van der Waals surface area contributed by atoms with Gasteiger partial charge >= 0.3 is 0 Å². The van der Waals surface area contributed by atoms with Gasteiger partial charge in [0.05, 0.1) is 7.11 Å². The predicted octanol–water partition coefficient (Wildman–Crippen LogP) is 3.62. The van der Waals surface area contributed by atoms with Gasteiger partial charge in [0.1, 0.15) is 5.75 Å². The Morgan fingerprint density at radius 1 is 1.33 bits per heavy atom. The molecule has 0 fully saturated rings. The Morgan fingerprint density at radius 3 is 2.67 bits per heavy atom. The van der Waals surface area contributed by atoms with E-state index in [9.17, 15) is 0 Å². The highest BCUT2D eigenvalue weighted by Crippen LogP contribution is 2.42. The molecule has 1 aromatic rings. The van der Waals surface area contributed by atoms with Gasteiger partial charge in [-0.1, -0.05) is 32.8 Å². The van der Waals surface area contributed by atoms with Gasteiger partial charge in [-0.05, 0) is 48.4 Å². The third-order valence-corrected chi connectivity index (χ3v) is 4.57. The van der Waals surface area contributed by atoms with E-state index in [1.54, 1.807) is 7.11 Å². The molecule has 0 radical (unpaired) electrons. The van der Waals surface area contributed by atoms with Crippen LogP contribution >= 0.6 is 0 Å². The molecule has 1 aromatic carbocycles. The third-order valence-electron chi connectivity index (χ3n) is 4.57. The van der Waals surface area contributed by atoms with Crippen LogP contribution in [0.25, 0.3) is 0 Å². The first kappa shape index (κ1) is 13.4. The van der Waals surface area contributed by atoms with Crippen LogP contribution in [0.2, 0.25) is 0 Å².